The maximum absolute atomic E-state index is 12.8. The van der Waals surface area contributed by atoms with Crippen molar-refractivity contribution in [1.29, 1.82) is 0 Å². The lowest BCUT2D eigenvalue weighted by molar-refractivity contribution is -0.133. The summed E-state index contributed by atoms with van der Waals surface area (Å²) in [6.07, 6.45) is 2.03. The summed E-state index contributed by atoms with van der Waals surface area (Å²) < 4.78 is 37.0. The quantitative estimate of drug-likeness (QED) is 0.570. The van der Waals surface area contributed by atoms with Gasteiger partial charge in [-0.15, -0.1) is 0 Å². The van der Waals surface area contributed by atoms with Crippen molar-refractivity contribution in [2.45, 2.75) is 33.2 Å². The van der Waals surface area contributed by atoms with Crippen LogP contribution in [0, 0.1) is 13.8 Å². The maximum Gasteiger partial charge on any atom is 0.232 e. The first-order valence-corrected chi connectivity index (χ1v) is 13.5. The predicted octanol–water partition coefficient (Wildman–Crippen LogP) is 2.92. The molecule has 0 unspecified atom stereocenters. The van der Waals surface area contributed by atoms with Crippen molar-refractivity contribution < 1.29 is 22.7 Å². The van der Waals surface area contributed by atoms with E-state index in [0.717, 1.165) is 47.8 Å². The molecule has 0 atom stereocenters. The molecule has 0 aliphatic carbocycles. The number of hydrogen-bond donors (Lipinski definition) is 0. The SMILES string of the molecule is Cc1cc(C)cc(N(CCCC(=O)N2CCN(Cc3ccc4c(c3)OCO4)CC2)S(C)(=O)=O)c1. The minimum Gasteiger partial charge on any atom is -0.454 e. The molecule has 0 saturated carbocycles. The lowest BCUT2D eigenvalue weighted by Gasteiger charge is -2.35. The standard InChI is InChI=1S/C25H33N3O5S/c1-19-13-20(2)15-22(14-19)28(34(3,30)31)8-4-5-25(29)27-11-9-26(10-12-27)17-21-6-7-23-24(16-21)33-18-32-23/h6-7,13-16H,4-5,8-12,17-18H2,1-3H3. The zero-order valence-electron chi connectivity index (χ0n) is 20.1. The van der Waals surface area contributed by atoms with Gasteiger partial charge in [-0.25, -0.2) is 8.42 Å². The Morgan fingerprint density at radius 2 is 1.65 bits per heavy atom. The van der Waals surface area contributed by atoms with E-state index in [2.05, 4.69) is 4.90 Å². The van der Waals surface area contributed by atoms with Crippen LogP contribution in [-0.2, 0) is 21.4 Å². The summed E-state index contributed by atoms with van der Waals surface area (Å²) >= 11 is 0. The topological polar surface area (TPSA) is 79.4 Å². The molecule has 34 heavy (non-hydrogen) atoms. The fourth-order valence-electron chi connectivity index (χ4n) is 4.57. The molecule has 0 N–H and O–H groups in total. The smallest absolute Gasteiger partial charge is 0.232 e. The Bertz CT molecular complexity index is 1120. The summed E-state index contributed by atoms with van der Waals surface area (Å²) in [5.41, 5.74) is 3.84. The molecule has 2 heterocycles. The Morgan fingerprint density at radius 1 is 0.971 bits per heavy atom. The van der Waals surface area contributed by atoms with Gasteiger partial charge in [-0.2, -0.15) is 0 Å². The molecular formula is C25H33N3O5S. The summed E-state index contributed by atoms with van der Waals surface area (Å²) in [7, 11) is -3.43. The molecule has 2 aromatic carbocycles. The Labute approximate surface area is 202 Å². The molecule has 0 radical (unpaired) electrons. The second kappa shape index (κ2) is 10.2. The number of ether oxygens (including phenoxy) is 2. The van der Waals surface area contributed by atoms with Crippen LogP contribution in [0.1, 0.15) is 29.5 Å². The third-order valence-corrected chi connectivity index (χ3v) is 7.41. The fraction of sp³-hybridized carbons (Fsp3) is 0.480. The van der Waals surface area contributed by atoms with Crippen molar-refractivity contribution >= 4 is 21.6 Å². The van der Waals surface area contributed by atoms with Crippen LogP contribution in [0.3, 0.4) is 0 Å². The van der Waals surface area contributed by atoms with Crippen molar-refractivity contribution in [2.75, 3.05) is 50.1 Å². The molecule has 0 spiro atoms. The number of anilines is 1. The molecule has 1 fully saturated rings. The minimum atomic E-state index is -3.43. The predicted molar refractivity (Wildman–Crippen MR) is 132 cm³/mol. The van der Waals surface area contributed by atoms with Gasteiger partial charge in [0, 0.05) is 45.7 Å². The van der Waals surface area contributed by atoms with Crippen molar-refractivity contribution in [3.8, 4) is 11.5 Å². The lowest BCUT2D eigenvalue weighted by atomic mass is 10.1. The van der Waals surface area contributed by atoms with E-state index in [4.69, 9.17) is 9.47 Å². The molecule has 1 saturated heterocycles. The molecule has 4 rings (SSSR count). The number of carbonyl (C=O) groups excluding carboxylic acids is 1. The summed E-state index contributed by atoms with van der Waals surface area (Å²) in [5.74, 6) is 1.65. The second-order valence-electron chi connectivity index (χ2n) is 9.13. The molecule has 1 amide bonds. The monoisotopic (exact) mass is 487 g/mol. The third kappa shape index (κ3) is 6.01. The fourth-order valence-corrected chi connectivity index (χ4v) is 5.52. The van der Waals surface area contributed by atoms with Gasteiger partial charge in [0.05, 0.1) is 11.9 Å². The van der Waals surface area contributed by atoms with E-state index in [1.165, 1.54) is 10.6 Å². The van der Waals surface area contributed by atoms with Gasteiger partial charge >= 0.3 is 0 Å². The molecule has 184 valence electrons. The highest BCUT2D eigenvalue weighted by atomic mass is 32.2. The van der Waals surface area contributed by atoms with Crippen molar-refractivity contribution in [1.82, 2.24) is 9.80 Å². The Morgan fingerprint density at radius 3 is 2.32 bits per heavy atom. The maximum atomic E-state index is 12.8. The number of nitrogens with zero attached hydrogens (tertiary/aromatic N) is 3. The van der Waals surface area contributed by atoms with Gasteiger partial charge in [0.25, 0.3) is 0 Å². The molecule has 0 aromatic heterocycles. The molecule has 2 aliphatic heterocycles. The third-order valence-electron chi connectivity index (χ3n) is 6.21. The van der Waals surface area contributed by atoms with Crippen molar-refractivity contribution in [3.63, 3.8) is 0 Å². The number of piperazine rings is 1. The Kier molecular flexibility index (Phi) is 7.33. The highest BCUT2D eigenvalue weighted by Gasteiger charge is 2.23. The van der Waals surface area contributed by atoms with E-state index in [9.17, 15) is 13.2 Å². The second-order valence-corrected chi connectivity index (χ2v) is 11.0. The van der Waals surface area contributed by atoms with E-state index in [-0.39, 0.29) is 19.2 Å². The lowest BCUT2D eigenvalue weighted by Crippen LogP contribution is -2.48. The Hall–Kier alpha value is -2.78. The van der Waals surface area contributed by atoms with E-state index in [1.54, 1.807) is 0 Å². The van der Waals surface area contributed by atoms with Crippen molar-refractivity contribution in [2.24, 2.45) is 0 Å². The number of fused-ring (bicyclic) bond motifs is 1. The zero-order chi connectivity index (χ0) is 24.3. The first kappa shape index (κ1) is 24.3. The number of aryl methyl sites for hydroxylation is 2. The van der Waals surface area contributed by atoms with Gasteiger partial charge in [0.2, 0.25) is 22.7 Å². The highest BCUT2D eigenvalue weighted by Crippen LogP contribution is 2.33. The van der Waals surface area contributed by atoms with Gasteiger partial charge < -0.3 is 14.4 Å². The van der Waals surface area contributed by atoms with Gasteiger partial charge in [-0.3, -0.25) is 14.0 Å². The van der Waals surface area contributed by atoms with Crippen LogP contribution in [0.4, 0.5) is 5.69 Å². The summed E-state index contributed by atoms with van der Waals surface area (Å²) in [5, 5.41) is 0. The van der Waals surface area contributed by atoms with E-state index in [1.807, 2.05) is 55.1 Å². The highest BCUT2D eigenvalue weighted by molar-refractivity contribution is 7.92. The minimum absolute atomic E-state index is 0.0802. The number of benzene rings is 2. The van der Waals surface area contributed by atoms with Crippen LogP contribution in [0.25, 0.3) is 0 Å². The van der Waals surface area contributed by atoms with Gasteiger partial charge in [-0.1, -0.05) is 12.1 Å². The first-order valence-electron chi connectivity index (χ1n) is 11.6. The average molecular weight is 488 g/mol. The number of sulfonamides is 1. The first-order chi connectivity index (χ1) is 16.2. The van der Waals surface area contributed by atoms with Crippen LogP contribution in [0.15, 0.2) is 36.4 Å². The molecule has 2 aromatic rings. The van der Waals surface area contributed by atoms with Gasteiger partial charge in [-0.05, 0) is 61.2 Å². The van der Waals surface area contributed by atoms with Crippen LogP contribution >= 0.6 is 0 Å². The molecule has 9 heteroatoms. The average Bonchev–Trinajstić information content (AvgIpc) is 3.23. The summed E-state index contributed by atoms with van der Waals surface area (Å²) in [4.78, 5) is 17.0. The number of carbonyl (C=O) groups is 1. The van der Waals surface area contributed by atoms with Crippen LogP contribution in [-0.4, -0.2) is 69.9 Å². The number of rotatable bonds is 8. The van der Waals surface area contributed by atoms with Crippen LogP contribution < -0.4 is 13.8 Å². The Balaban J connectivity index is 1.25. The zero-order valence-corrected chi connectivity index (χ0v) is 20.9. The largest absolute Gasteiger partial charge is 0.454 e. The normalized spacial score (nSPS) is 16.0. The van der Waals surface area contributed by atoms with E-state index in [0.29, 0.717) is 31.6 Å². The molecule has 8 nitrogen and oxygen atoms in total. The number of amides is 1. The van der Waals surface area contributed by atoms with Crippen molar-refractivity contribution in [3.05, 3.63) is 53.1 Å². The van der Waals surface area contributed by atoms with Gasteiger partial charge in [0.15, 0.2) is 11.5 Å². The molecule has 0 bridgehead atoms. The molecular weight excluding hydrogens is 454 g/mol. The number of hydrogen-bond acceptors (Lipinski definition) is 6. The summed E-state index contributed by atoms with van der Waals surface area (Å²) in [6, 6.07) is 11.8. The van der Waals surface area contributed by atoms with Crippen LogP contribution in [0.5, 0.6) is 11.5 Å². The summed E-state index contributed by atoms with van der Waals surface area (Å²) in [6.45, 7) is 8.23. The van der Waals surface area contributed by atoms with Gasteiger partial charge in [0.1, 0.15) is 0 Å². The van der Waals surface area contributed by atoms with E-state index < -0.39 is 10.0 Å². The molecule has 2 aliphatic rings. The van der Waals surface area contributed by atoms with Crippen LogP contribution in [0.2, 0.25) is 0 Å². The van der Waals surface area contributed by atoms with E-state index >= 15 is 0 Å².